The highest BCUT2D eigenvalue weighted by atomic mass is 16.3. The van der Waals surface area contributed by atoms with Crippen molar-refractivity contribution in [1.82, 2.24) is 0 Å². The molecule has 0 fully saturated rings. The van der Waals surface area contributed by atoms with Crippen molar-refractivity contribution < 1.29 is 4.42 Å². The molecule has 10 aromatic carbocycles. The Morgan fingerprint density at radius 1 is 0.245 bits per heavy atom. The Hall–Kier alpha value is -6.44. The Labute approximate surface area is 282 Å². The first-order chi connectivity index (χ1) is 24.3. The maximum absolute atomic E-state index is 6.37. The lowest BCUT2D eigenvalue weighted by Gasteiger charge is -2.21. The van der Waals surface area contributed by atoms with E-state index < -0.39 is 0 Å². The SMILES string of the molecule is c1ccc(-c2ccc3ccc4cccc5ccc2c3c45)c(-c2c3ccccc3c(-c3cccc4oc5ccccc5c34)c3ccccc23)c1. The molecule has 0 saturated carbocycles. The van der Waals surface area contributed by atoms with Gasteiger partial charge in [0, 0.05) is 10.8 Å². The van der Waals surface area contributed by atoms with Crippen molar-refractivity contribution >= 4 is 75.8 Å². The molecule has 0 unspecified atom stereocenters. The van der Waals surface area contributed by atoms with E-state index in [9.17, 15) is 0 Å². The minimum Gasteiger partial charge on any atom is -0.456 e. The van der Waals surface area contributed by atoms with E-state index in [-0.39, 0.29) is 0 Å². The zero-order chi connectivity index (χ0) is 32.1. The zero-order valence-corrected chi connectivity index (χ0v) is 26.6. The number of rotatable bonds is 3. The van der Waals surface area contributed by atoms with E-state index in [2.05, 4.69) is 164 Å². The van der Waals surface area contributed by atoms with Crippen molar-refractivity contribution in [3.8, 4) is 33.4 Å². The molecule has 0 amide bonds. The van der Waals surface area contributed by atoms with Crippen LogP contribution in [0.3, 0.4) is 0 Å². The second-order valence-corrected chi connectivity index (χ2v) is 13.1. The molecule has 0 aliphatic heterocycles. The highest BCUT2D eigenvalue weighted by Crippen LogP contribution is 2.49. The quantitative estimate of drug-likeness (QED) is 0.141. The molecule has 0 aliphatic rings. The van der Waals surface area contributed by atoms with Crippen LogP contribution < -0.4 is 0 Å². The van der Waals surface area contributed by atoms with Crippen LogP contribution in [-0.2, 0) is 0 Å². The van der Waals surface area contributed by atoms with Gasteiger partial charge in [-0.05, 0) is 99.4 Å². The van der Waals surface area contributed by atoms with E-state index in [1.54, 1.807) is 0 Å². The summed E-state index contributed by atoms with van der Waals surface area (Å²) in [6, 6.07) is 62.1. The summed E-state index contributed by atoms with van der Waals surface area (Å²) in [4.78, 5) is 0. The average molecular weight is 621 g/mol. The standard InChI is InChI=1S/C48H28O/c1-2-14-34(32(13-1)33-27-25-31-24-23-29-11-9-12-30-26-28-39(33)45(31)44(29)30)46-35-15-3-5-17-37(35)47(38-18-6-4-16-36(38)46)41-20-10-22-43-48(41)40-19-7-8-21-42(40)49-43/h1-28H. The number of para-hydroxylation sites is 1. The fourth-order valence-electron chi connectivity index (χ4n) is 8.60. The highest BCUT2D eigenvalue weighted by molar-refractivity contribution is 6.28. The third-order valence-corrected chi connectivity index (χ3v) is 10.6. The van der Waals surface area contributed by atoms with Gasteiger partial charge in [0.1, 0.15) is 11.2 Å². The summed E-state index contributed by atoms with van der Waals surface area (Å²) >= 11 is 0. The first-order valence-electron chi connectivity index (χ1n) is 16.9. The summed E-state index contributed by atoms with van der Waals surface area (Å²) in [7, 11) is 0. The van der Waals surface area contributed by atoms with E-state index in [0.717, 1.165) is 21.9 Å². The van der Waals surface area contributed by atoms with Crippen molar-refractivity contribution in [2.24, 2.45) is 0 Å². The summed E-state index contributed by atoms with van der Waals surface area (Å²) in [5.41, 5.74) is 9.27. The topological polar surface area (TPSA) is 13.1 Å². The van der Waals surface area contributed by atoms with Crippen LogP contribution in [0.15, 0.2) is 174 Å². The van der Waals surface area contributed by atoms with Gasteiger partial charge in [-0.3, -0.25) is 0 Å². The monoisotopic (exact) mass is 620 g/mol. The van der Waals surface area contributed by atoms with Crippen molar-refractivity contribution in [2.45, 2.75) is 0 Å². The Morgan fingerprint density at radius 3 is 1.45 bits per heavy atom. The van der Waals surface area contributed by atoms with Gasteiger partial charge in [0.25, 0.3) is 0 Å². The first-order valence-corrected chi connectivity index (χ1v) is 16.9. The Kier molecular flexibility index (Phi) is 5.45. The molecule has 1 nitrogen and oxygen atoms in total. The molecule has 0 spiro atoms. The van der Waals surface area contributed by atoms with Crippen LogP contribution in [0, 0.1) is 0 Å². The van der Waals surface area contributed by atoms with Gasteiger partial charge in [-0.2, -0.15) is 0 Å². The molecule has 0 aliphatic carbocycles. The summed E-state index contributed by atoms with van der Waals surface area (Å²) in [6.45, 7) is 0. The highest BCUT2D eigenvalue weighted by Gasteiger charge is 2.22. The molecule has 49 heavy (non-hydrogen) atoms. The molecular formula is C48H28O. The fourth-order valence-corrected chi connectivity index (χ4v) is 8.60. The lowest BCUT2D eigenvalue weighted by atomic mass is 9.82. The predicted octanol–water partition coefficient (Wildman–Crippen LogP) is 13.8. The van der Waals surface area contributed by atoms with Crippen LogP contribution in [0.2, 0.25) is 0 Å². The van der Waals surface area contributed by atoms with E-state index in [1.165, 1.54) is 87.2 Å². The molecule has 11 aromatic rings. The van der Waals surface area contributed by atoms with E-state index in [1.807, 2.05) is 6.07 Å². The van der Waals surface area contributed by atoms with Crippen LogP contribution in [0.5, 0.6) is 0 Å². The van der Waals surface area contributed by atoms with Crippen LogP contribution in [0.25, 0.3) is 109 Å². The summed E-state index contributed by atoms with van der Waals surface area (Å²) in [6.07, 6.45) is 0. The summed E-state index contributed by atoms with van der Waals surface area (Å²) < 4.78 is 6.37. The minimum absolute atomic E-state index is 0.912. The largest absolute Gasteiger partial charge is 0.456 e. The molecule has 1 heterocycles. The number of hydrogen-bond acceptors (Lipinski definition) is 1. The van der Waals surface area contributed by atoms with Gasteiger partial charge in [0.15, 0.2) is 0 Å². The van der Waals surface area contributed by atoms with Crippen molar-refractivity contribution in [1.29, 1.82) is 0 Å². The maximum Gasteiger partial charge on any atom is 0.136 e. The molecule has 0 radical (unpaired) electrons. The molecular weight excluding hydrogens is 593 g/mol. The number of fused-ring (bicyclic) bond motifs is 5. The van der Waals surface area contributed by atoms with Gasteiger partial charge in [-0.1, -0.05) is 158 Å². The summed E-state index contributed by atoms with van der Waals surface area (Å²) in [5.74, 6) is 0. The van der Waals surface area contributed by atoms with E-state index in [0.29, 0.717) is 0 Å². The maximum atomic E-state index is 6.37. The third-order valence-electron chi connectivity index (χ3n) is 10.6. The zero-order valence-electron chi connectivity index (χ0n) is 26.6. The second kappa shape index (κ2) is 10.0. The Bertz CT molecular complexity index is 3030. The van der Waals surface area contributed by atoms with Gasteiger partial charge in [0.2, 0.25) is 0 Å². The smallest absolute Gasteiger partial charge is 0.136 e. The van der Waals surface area contributed by atoms with Crippen LogP contribution in [0.1, 0.15) is 0 Å². The van der Waals surface area contributed by atoms with Gasteiger partial charge in [0.05, 0.1) is 0 Å². The van der Waals surface area contributed by atoms with Crippen molar-refractivity contribution in [3.05, 3.63) is 170 Å². The van der Waals surface area contributed by atoms with Gasteiger partial charge in [-0.25, -0.2) is 0 Å². The normalized spacial score (nSPS) is 12.1. The van der Waals surface area contributed by atoms with Crippen LogP contribution in [0.4, 0.5) is 0 Å². The molecule has 0 N–H and O–H groups in total. The minimum atomic E-state index is 0.912. The lowest BCUT2D eigenvalue weighted by Crippen LogP contribution is -1.94. The van der Waals surface area contributed by atoms with E-state index >= 15 is 0 Å². The van der Waals surface area contributed by atoms with Crippen molar-refractivity contribution in [2.75, 3.05) is 0 Å². The molecule has 1 aromatic heterocycles. The first kappa shape index (κ1) is 26.6. The van der Waals surface area contributed by atoms with E-state index in [4.69, 9.17) is 4.42 Å². The summed E-state index contributed by atoms with van der Waals surface area (Å²) in [5, 5.41) is 15.1. The van der Waals surface area contributed by atoms with Crippen molar-refractivity contribution in [3.63, 3.8) is 0 Å². The third kappa shape index (κ3) is 3.70. The van der Waals surface area contributed by atoms with Gasteiger partial charge < -0.3 is 4.42 Å². The molecule has 1 heteroatoms. The van der Waals surface area contributed by atoms with Gasteiger partial charge in [-0.15, -0.1) is 0 Å². The molecule has 226 valence electrons. The fraction of sp³-hybridized carbons (Fsp3) is 0. The molecule has 11 rings (SSSR count). The van der Waals surface area contributed by atoms with Crippen LogP contribution in [-0.4, -0.2) is 0 Å². The number of benzene rings is 10. The lowest BCUT2D eigenvalue weighted by molar-refractivity contribution is 0.669. The predicted molar refractivity (Wildman–Crippen MR) is 209 cm³/mol. The molecule has 0 saturated heterocycles. The Balaban J connectivity index is 1.25. The second-order valence-electron chi connectivity index (χ2n) is 13.1. The van der Waals surface area contributed by atoms with Crippen LogP contribution >= 0.6 is 0 Å². The average Bonchev–Trinajstić information content (AvgIpc) is 3.55. The molecule has 0 bridgehead atoms. The Morgan fingerprint density at radius 2 is 0.735 bits per heavy atom. The molecule has 0 atom stereocenters. The number of hydrogen-bond donors (Lipinski definition) is 0. The number of furan rings is 1. The van der Waals surface area contributed by atoms with Gasteiger partial charge >= 0.3 is 0 Å².